The first-order chi connectivity index (χ1) is 14.8. The zero-order chi connectivity index (χ0) is 23.8. The maximum atomic E-state index is 14.0. The topological polar surface area (TPSA) is 107 Å². The molecule has 3 rings (SSSR count). The number of nitrogens with zero attached hydrogens (tertiary/aromatic N) is 2. The Balaban J connectivity index is 2.29. The minimum atomic E-state index is -3.75. The summed E-state index contributed by atoms with van der Waals surface area (Å²) in [5.74, 6) is -0.505. The molecule has 0 saturated carbocycles. The van der Waals surface area contributed by atoms with Gasteiger partial charge < -0.3 is 10.1 Å². The molecule has 1 amide bonds. The maximum absolute atomic E-state index is 14.0. The molecule has 1 atom stereocenters. The quantitative estimate of drug-likeness (QED) is 0.637. The number of halogens is 1. The van der Waals surface area contributed by atoms with Crippen LogP contribution in [0, 0.1) is 5.82 Å². The predicted octanol–water partition coefficient (Wildman–Crippen LogP) is 3.51. The lowest BCUT2D eigenvalue weighted by atomic mass is 10.2. The molecule has 2 aromatic carbocycles. The molecule has 0 spiro atoms. The van der Waals surface area contributed by atoms with Gasteiger partial charge in [0.2, 0.25) is 0 Å². The largest absolute Gasteiger partial charge is 0.444 e. The minimum Gasteiger partial charge on any atom is -0.444 e. The van der Waals surface area contributed by atoms with Gasteiger partial charge in [0.15, 0.2) is 9.84 Å². The number of fused-ring (bicyclic) bond motifs is 1. The highest BCUT2D eigenvalue weighted by molar-refractivity contribution is 7.91. The molecule has 0 bridgehead atoms. The van der Waals surface area contributed by atoms with Crippen molar-refractivity contribution in [3.05, 3.63) is 64.5 Å². The molecule has 0 aliphatic rings. The van der Waals surface area contributed by atoms with E-state index in [-0.39, 0.29) is 27.3 Å². The lowest BCUT2D eigenvalue weighted by molar-refractivity contribution is 0.0505. The number of hydrogen-bond donors (Lipinski definition) is 1. The van der Waals surface area contributed by atoms with E-state index in [0.29, 0.717) is 0 Å². The number of carbonyl (C=O) groups is 1. The number of carbonyl (C=O) groups excluding carboxylic acids is 1. The van der Waals surface area contributed by atoms with Crippen molar-refractivity contribution in [3.63, 3.8) is 0 Å². The molecule has 0 saturated heterocycles. The number of ether oxygens (including phenoxy) is 1. The van der Waals surface area contributed by atoms with Gasteiger partial charge in [-0.15, -0.1) is 0 Å². The molecule has 10 heteroatoms. The van der Waals surface area contributed by atoms with Crippen LogP contribution in [-0.2, 0) is 14.6 Å². The van der Waals surface area contributed by atoms with E-state index in [1.54, 1.807) is 27.7 Å². The van der Waals surface area contributed by atoms with Crippen LogP contribution < -0.4 is 10.9 Å². The fourth-order valence-corrected chi connectivity index (χ4v) is 4.12. The van der Waals surface area contributed by atoms with Crippen molar-refractivity contribution in [3.8, 4) is 5.69 Å². The van der Waals surface area contributed by atoms with E-state index in [9.17, 15) is 22.4 Å². The Morgan fingerprint density at radius 1 is 1.19 bits per heavy atom. The lowest BCUT2D eigenvalue weighted by Gasteiger charge is -2.23. The van der Waals surface area contributed by atoms with E-state index in [1.807, 2.05) is 0 Å². The van der Waals surface area contributed by atoms with Crippen LogP contribution in [0.2, 0.25) is 0 Å². The summed E-state index contributed by atoms with van der Waals surface area (Å²) in [6.45, 7) is 6.72. The van der Waals surface area contributed by atoms with Gasteiger partial charge in [0.05, 0.1) is 27.5 Å². The SMILES string of the molecule is CC(NC(=O)OC(C)(C)C)c1nc2cccc(S(C)(=O)=O)c2c(=O)n1-c1cccc(F)c1. The van der Waals surface area contributed by atoms with E-state index >= 15 is 0 Å². The summed E-state index contributed by atoms with van der Waals surface area (Å²) in [6, 6.07) is 8.72. The van der Waals surface area contributed by atoms with E-state index in [2.05, 4.69) is 10.3 Å². The molecule has 1 aromatic heterocycles. The number of hydrogen-bond acceptors (Lipinski definition) is 6. The first-order valence-electron chi connectivity index (χ1n) is 9.79. The number of benzene rings is 2. The standard InChI is InChI=1S/C22H24FN3O5S/c1-13(24-21(28)31-22(2,3)4)19-25-16-10-7-11-17(32(5,29)30)18(16)20(27)26(19)15-9-6-8-14(23)12-15/h6-13H,1-5H3,(H,24,28). The average molecular weight is 462 g/mol. The number of sulfone groups is 1. The van der Waals surface area contributed by atoms with Gasteiger partial charge in [0.25, 0.3) is 5.56 Å². The zero-order valence-corrected chi connectivity index (χ0v) is 19.2. The van der Waals surface area contributed by atoms with Crippen LogP contribution in [0.1, 0.15) is 39.6 Å². The summed E-state index contributed by atoms with van der Waals surface area (Å²) in [7, 11) is -3.75. The van der Waals surface area contributed by atoms with Gasteiger partial charge in [-0.3, -0.25) is 9.36 Å². The van der Waals surface area contributed by atoms with Crippen LogP contribution in [0.3, 0.4) is 0 Å². The van der Waals surface area contributed by atoms with Crippen LogP contribution >= 0.6 is 0 Å². The second kappa shape index (κ2) is 8.34. The van der Waals surface area contributed by atoms with Crippen LogP contribution in [0.25, 0.3) is 16.6 Å². The summed E-state index contributed by atoms with van der Waals surface area (Å²) in [5, 5.41) is 2.50. The van der Waals surface area contributed by atoms with Crippen molar-refractivity contribution in [2.45, 2.75) is 44.2 Å². The fraction of sp³-hybridized carbons (Fsp3) is 0.318. The summed E-state index contributed by atoms with van der Waals surface area (Å²) >= 11 is 0. The maximum Gasteiger partial charge on any atom is 0.408 e. The van der Waals surface area contributed by atoms with E-state index in [0.717, 1.165) is 16.9 Å². The number of nitrogens with one attached hydrogen (secondary N) is 1. The fourth-order valence-electron chi connectivity index (χ4n) is 3.23. The minimum absolute atomic E-state index is 0.0876. The Hall–Kier alpha value is -3.27. The molecule has 1 N–H and O–H groups in total. The Morgan fingerprint density at radius 2 is 1.84 bits per heavy atom. The molecule has 0 fully saturated rings. The van der Waals surface area contributed by atoms with Gasteiger partial charge in [0, 0.05) is 6.26 Å². The zero-order valence-electron chi connectivity index (χ0n) is 18.3. The van der Waals surface area contributed by atoms with Gasteiger partial charge >= 0.3 is 6.09 Å². The third kappa shape index (κ3) is 4.96. The molecular weight excluding hydrogens is 437 g/mol. The molecule has 3 aromatic rings. The highest BCUT2D eigenvalue weighted by atomic mass is 32.2. The van der Waals surface area contributed by atoms with Crippen molar-refractivity contribution < 1.29 is 22.3 Å². The summed E-state index contributed by atoms with van der Waals surface area (Å²) < 4.78 is 44.9. The molecule has 0 aliphatic carbocycles. The van der Waals surface area contributed by atoms with Crippen molar-refractivity contribution in [1.29, 1.82) is 0 Å². The number of alkyl carbamates (subject to hydrolysis) is 1. The summed E-state index contributed by atoms with van der Waals surface area (Å²) in [6.07, 6.45) is 0.268. The Kier molecular flexibility index (Phi) is 6.10. The summed E-state index contributed by atoms with van der Waals surface area (Å²) in [4.78, 5) is 30.1. The van der Waals surface area contributed by atoms with Gasteiger partial charge in [-0.05, 0) is 58.0 Å². The van der Waals surface area contributed by atoms with Crippen molar-refractivity contribution in [2.75, 3.05) is 6.26 Å². The van der Waals surface area contributed by atoms with Crippen molar-refractivity contribution >= 4 is 26.8 Å². The third-order valence-corrected chi connectivity index (χ3v) is 5.61. The van der Waals surface area contributed by atoms with E-state index < -0.39 is 38.9 Å². The van der Waals surface area contributed by atoms with E-state index in [4.69, 9.17) is 4.74 Å². The van der Waals surface area contributed by atoms with Gasteiger partial charge in [-0.25, -0.2) is 22.6 Å². The number of amides is 1. The Morgan fingerprint density at radius 3 is 2.44 bits per heavy atom. The Bertz CT molecular complexity index is 1360. The molecule has 1 heterocycles. The molecule has 1 unspecified atom stereocenters. The van der Waals surface area contributed by atoms with Crippen LogP contribution in [-0.4, -0.2) is 35.9 Å². The van der Waals surface area contributed by atoms with Gasteiger partial charge in [-0.2, -0.15) is 0 Å². The molecule has 8 nitrogen and oxygen atoms in total. The molecule has 170 valence electrons. The van der Waals surface area contributed by atoms with Gasteiger partial charge in [0.1, 0.15) is 17.2 Å². The highest BCUT2D eigenvalue weighted by Crippen LogP contribution is 2.23. The van der Waals surface area contributed by atoms with Crippen molar-refractivity contribution in [1.82, 2.24) is 14.9 Å². The summed E-state index contributed by atoms with van der Waals surface area (Å²) in [5.41, 5.74) is -1.17. The van der Waals surface area contributed by atoms with Crippen LogP contribution in [0.5, 0.6) is 0 Å². The first-order valence-corrected chi connectivity index (χ1v) is 11.7. The normalized spacial score (nSPS) is 13.1. The average Bonchev–Trinajstić information content (AvgIpc) is 2.65. The third-order valence-electron chi connectivity index (χ3n) is 4.47. The smallest absolute Gasteiger partial charge is 0.408 e. The second-order valence-corrected chi connectivity index (χ2v) is 10.4. The molecule has 0 aliphatic heterocycles. The molecule has 32 heavy (non-hydrogen) atoms. The second-order valence-electron chi connectivity index (χ2n) is 8.38. The molecular formula is C22H24FN3O5S. The van der Waals surface area contributed by atoms with E-state index in [1.165, 1.54) is 36.4 Å². The Labute approximate surface area is 185 Å². The van der Waals surface area contributed by atoms with Crippen LogP contribution in [0.4, 0.5) is 9.18 Å². The number of aromatic nitrogens is 2. The first kappa shape index (κ1) is 23.4. The monoisotopic (exact) mass is 461 g/mol. The lowest BCUT2D eigenvalue weighted by Crippen LogP contribution is -2.37. The molecule has 0 radical (unpaired) electrons. The van der Waals surface area contributed by atoms with Crippen molar-refractivity contribution in [2.24, 2.45) is 0 Å². The number of rotatable bonds is 4. The predicted molar refractivity (Wildman–Crippen MR) is 118 cm³/mol. The highest BCUT2D eigenvalue weighted by Gasteiger charge is 2.25. The van der Waals surface area contributed by atoms with Gasteiger partial charge in [-0.1, -0.05) is 12.1 Å². The van der Waals surface area contributed by atoms with Crippen LogP contribution in [0.15, 0.2) is 52.2 Å².